The summed E-state index contributed by atoms with van der Waals surface area (Å²) in [4.78, 5) is 11.4. The van der Waals surface area contributed by atoms with E-state index in [-0.39, 0.29) is 16.8 Å². The molecular formula is C10H11ClN2O2. The van der Waals surface area contributed by atoms with Gasteiger partial charge in [-0.25, -0.2) is 4.79 Å². The molecule has 15 heavy (non-hydrogen) atoms. The summed E-state index contributed by atoms with van der Waals surface area (Å²) in [5.41, 5.74) is 0.412. The highest BCUT2D eigenvalue weighted by atomic mass is 35.5. The third-order valence-electron chi connectivity index (χ3n) is 2.14. The van der Waals surface area contributed by atoms with Gasteiger partial charge in [0.15, 0.2) is 0 Å². The van der Waals surface area contributed by atoms with Crippen molar-refractivity contribution in [3.8, 4) is 5.75 Å². The van der Waals surface area contributed by atoms with E-state index in [1.165, 1.54) is 6.07 Å². The predicted octanol–water partition coefficient (Wildman–Crippen LogP) is 2.33. The van der Waals surface area contributed by atoms with Crippen molar-refractivity contribution < 1.29 is 9.90 Å². The van der Waals surface area contributed by atoms with E-state index < -0.39 is 0 Å². The number of phenols is 1. The molecular weight excluding hydrogens is 216 g/mol. The third-order valence-corrected chi connectivity index (χ3v) is 2.54. The topological polar surface area (TPSA) is 61.4 Å². The van der Waals surface area contributed by atoms with E-state index in [1.807, 2.05) is 0 Å². The van der Waals surface area contributed by atoms with Crippen LogP contribution in [-0.2, 0) is 0 Å². The van der Waals surface area contributed by atoms with Gasteiger partial charge in [-0.05, 0) is 25.0 Å². The Labute approximate surface area is 92.2 Å². The fraction of sp³-hybridized carbons (Fsp3) is 0.300. The van der Waals surface area contributed by atoms with Gasteiger partial charge in [-0.2, -0.15) is 0 Å². The zero-order valence-corrected chi connectivity index (χ0v) is 8.71. The maximum absolute atomic E-state index is 11.4. The first-order valence-corrected chi connectivity index (χ1v) is 5.09. The molecule has 0 atom stereocenters. The average molecular weight is 227 g/mol. The first-order valence-electron chi connectivity index (χ1n) is 4.72. The Kier molecular flexibility index (Phi) is 2.68. The molecule has 1 aromatic carbocycles. The second kappa shape index (κ2) is 3.98. The molecule has 1 aromatic rings. The highest BCUT2D eigenvalue weighted by Crippen LogP contribution is 2.30. The van der Waals surface area contributed by atoms with Gasteiger partial charge in [0, 0.05) is 6.04 Å². The number of phenolic OH excluding ortho intramolecular Hbond substituents is 1. The van der Waals surface area contributed by atoms with Gasteiger partial charge in [0.25, 0.3) is 0 Å². The van der Waals surface area contributed by atoms with Crippen LogP contribution in [0.25, 0.3) is 0 Å². The fourth-order valence-corrected chi connectivity index (χ4v) is 1.36. The van der Waals surface area contributed by atoms with Crippen LogP contribution in [0.5, 0.6) is 5.75 Å². The van der Waals surface area contributed by atoms with E-state index in [1.54, 1.807) is 12.1 Å². The van der Waals surface area contributed by atoms with Crippen molar-refractivity contribution in [3.63, 3.8) is 0 Å². The van der Waals surface area contributed by atoms with E-state index in [9.17, 15) is 9.90 Å². The number of urea groups is 1. The molecule has 1 saturated carbocycles. The SMILES string of the molecule is O=C(Nc1cccc(O)c1Cl)NC1CC1. The monoisotopic (exact) mass is 226 g/mol. The molecule has 0 aromatic heterocycles. The Morgan fingerprint density at radius 1 is 1.47 bits per heavy atom. The zero-order chi connectivity index (χ0) is 10.8. The minimum atomic E-state index is -0.287. The number of hydrogen-bond donors (Lipinski definition) is 3. The van der Waals surface area contributed by atoms with Gasteiger partial charge >= 0.3 is 6.03 Å². The van der Waals surface area contributed by atoms with Gasteiger partial charge in [-0.15, -0.1) is 0 Å². The smallest absolute Gasteiger partial charge is 0.319 e. The highest BCUT2D eigenvalue weighted by molar-refractivity contribution is 6.35. The van der Waals surface area contributed by atoms with E-state index >= 15 is 0 Å². The van der Waals surface area contributed by atoms with Gasteiger partial charge in [0.2, 0.25) is 0 Å². The summed E-state index contributed by atoms with van der Waals surface area (Å²) in [7, 11) is 0. The Morgan fingerprint density at radius 2 is 2.20 bits per heavy atom. The molecule has 1 fully saturated rings. The molecule has 2 rings (SSSR count). The minimum absolute atomic E-state index is 0.0408. The predicted molar refractivity (Wildman–Crippen MR) is 58.3 cm³/mol. The van der Waals surface area contributed by atoms with E-state index in [4.69, 9.17) is 11.6 Å². The summed E-state index contributed by atoms with van der Waals surface area (Å²) in [6.45, 7) is 0. The van der Waals surface area contributed by atoms with Gasteiger partial charge in [0.05, 0.1) is 5.69 Å². The van der Waals surface area contributed by atoms with Gasteiger partial charge in [0.1, 0.15) is 10.8 Å². The molecule has 0 unspecified atom stereocenters. The number of hydrogen-bond acceptors (Lipinski definition) is 2. The number of nitrogens with one attached hydrogen (secondary N) is 2. The van der Waals surface area contributed by atoms with E-state index in [0.717, 1.165) is 12.8 Å². The summed E-state index contributed by atoms with van der Waals surface area (Å²) in [6.07, 6.45) is 2.06. The normalized spacial score (nSPS) is 14.7. The molecule has 3 N–H and O–H groups in total. The number of rotatable bonds is 2. The standard InChI is InChI=1S/C10H11ClN2O2/c11-9-7(2-1-3-8(9)14)13-10(15)12-6-4-5-6/h1-3,6,14H,4-5H2,(H2,12,13,15). The summed E-state index contributed by atoms with van der Waals surface area (Å²) in [6, 6.07) is 4.72. The molecule has 0 bridgehead atoms. The molecule has 0 heterocycles. The van der Waals surface area contributed by atoms with Crippen molar-refractivity contribution >= 4 is 23.3 Å². The largest absolute Gasteiger partial charge is 0.506 e. The maximum Gasteiger partial charge on any atom is 0.319 e. The Hall–Kier alpha value is -1.42. The van der Waals surface area contributed by atoms with Crippen molar-refractivity contribution in [1.82, 2.24) is 5.32 Å². The molecule has 0 saturated heterocycles. The van der Waals surface area contributed by atoms with Crippen LogP contribution in [0, 0.1) is 0 Å². The molecule has 80 valence electrons. The van der Waals surface area contributed by atoms with Crippen molar-refractivity contribution in [2.75, 3.05) is 5.32 Å². The van der Waals surface area contributed by atoms with Gasteiger partial charge in [-0.1, -0.05) is 17.7 Å². The lowest BCUT2D eigenvalue weighted by molar-refractivity contribution is 0.251. The number of carbonyl (C=O) groups excluding carboxylic acids is 1. The number of aromatic hydroxyl groups is 1. The van der Waals surface area contributed by atoms with Crippen LogP contribution in [0.1, 0.15) is 12.8 Å². The van der Waals surface area contributed by atoms with Crippen molar-refractivity contribution in [3.05, 3.63) is 23.2 Å². The van der Waals surface area contributed by atoms with Gasteiger partial charge < -0.3 is 15.7 Å². The first kappa shape index (κ1) is 10.1. The van der Waals surface area contributed by atoms with Crippen LogP contribution in [0.2, 0.25) is 5.02 Å². The van der Waals surface area contributed by atoms with Crippen molar-refractivity contribution in [1.29, 1.82) is 0 Å². The summed E-state index contributed by atoms with van der Waals surface area (Å²) in [5.74, 6) is -0.0408. The van der Waals surface area contributed by atoms with Crippen LogP contribution < -0.4 is 10.6 Å². The molecule has 1 aliphatic rings. The lowest BCUT2D eigenvalue weighted by atomic mass is 10.3. The van der Waals surface area contributed by atoms with Crippen LogP contribution in [0.3, 0.4) is 0 Å². The summed E-state index contributed by atoms with van der Waals surface area (Å²) in [5, 5.41) is 14.8. The molecule has 5 heteroatoms. The van der Waals surface area contributed by atoms with Crippen molar-refractivity contribution in [2.45, 2.75) is 18.9 Å². The molecule has 0 radical (unpaired) electrons. The zero-order valence-electron chi connectivity index (χ0n) is 7.96. The molecule has 0 spiro atoms. The second-order valence-corrected chi connectivity index (χ2v) is 3.89. The van der Waals surface area contributed by atoms with E-state index in [0.29, 0.717) is 11.7 Å². The number of halogens is 1. The highest BCUT2D eigenvalue weighted by Gasteiger charge is 2.23. The second-order valence-electron chi connectivity index (χ2n) is 3.51. The molecule has 1 aliphatic carbocycles. The van der Waals surface area contributed by atoms with Crippen molar-refractivity contribution in [2.24, 2.45) is 0 Å². The number of benzene rings is 1. The lowest BCUT2D eigenvalue weighted by Crippen LogP contribution is -2.30. The van der Waals surface area contributed by atoms with E-state index in [2.05, 4.69) is 10.6 Å². The number of anilines is 1. The van der Waals surface area contributed by atoms with Crippen LogP contribution >= 0.6 is 11.6 Å². The Morgan fingerprint density at radius 3 is 2.87 bits per heavy atom. The summed E-state index contributed by atoms with van der Waals surface area (Å²) < 4.78 is 0. The third kappa shape index (κ3) is 2.53. The van der Waals surface area contributed by atoms with Crippen LogP contribution in [0.15, 0.2) is 18.2 Å². The molecule has 0 aliphatic heterocycles. The minimum Gasteiger partial charge on any atom is -0.506 e. The van der Waals surface area contributed by atoms with Crippen LogP contribution in [-0.4, -0.2) is 17.2 Å². The first-order chi connectivity index (χ1) is 7.16. The molecule has 4 nitrogen and oxygen atoms in total. The fourth-order valence-electron chi connectivity index (χ4n) is 1.19. The lowest BCUT2D eigenvalue weighted by Gasteiger charge is -2.08. The number of carbonyl (C=O) groups is 1. The average Bonchev–Trinajstić information content (AvgIpc) is 2.97. The summed E-state index contributed by atoms with van der Waals surface area (Å²) >= 11 is 5.80. The Bertz CT molecular complexity index is 391. The number of amides is 2. The van der Waals surface area contributed by atoms with Gasteiger partial charge in [-0.3, -0.25) is 0 Å². The quantitative estimate of drug-likeness (QED) is 0.725. The molecule has 2 amide bonds. The van der Waals surface area contributed by atoms with Crippen LogP contribution in [0.4, 0.5) is 10.5 Å². The Balaban J connectivity index is 2.02. The maximum atomic E-state index is 11.4.